The van der Waals surface area contributed by atoms with Crippen molar-refractivity contribution < 1.29 is 47.1 Å². The molecule has 1 amide bonds. The van der Waals surface area contributed by atoms with Crippen molar-refractivity contribution in [3.05, 3.63) is 64.7 Å². The molecule has 1 saturated carbocycles. The van der Waals surface area contributed by atoms with Crippen LogP contribution >= 0.6 is 7.82 Å². The maximum atomic E-state index is 15.1. The summed E-state index contributed by atoms with van der Waals surface area (Å²) in [6, 6.07) is 6.71. The number of carbonyl (C=O) groups is 2. The van der Waals surface area contributed by atoms with Gasteiger partial charge >= 0.3 is 19.9 Å². The Morgan fingerprint density at radius 3 is 2.58 bits per heavy atom. The molecule has 3 atom stereocenters. The molecule has 3 aromatic heterocycles. The SMILES string of the molecule is COCc1cc2c(Nc3cc([C@H]4C[C@@H](F)[C@@H](OC(=O)NC(C)C)C4)nn3COC(=O)CC(C)(C)c3c(C)cc(C)cc3OP(=O)(O)O)nccn2n1. The molecule has 4 N–H and O–H groups in total. The molecular formula is C34H45FN7O9P. The van der Waals surface area contributed by atoms with Crippen LogP contribution in [0.25, 0.3) is 5.52 Å². The third-order valence-corrected chi connectivity index (χ3v) is 9.00. The molecule has 5 rings (SSSR count). The van der Waals surface area contributed by atoms with Crippen molar-refractivity contribution in [3.8, 4) is 5.75 Å². The first kappa shape index (κ1) is 38.7. The maximum Gasteiger partial charge on any atom is 0.524 e. The Bertz CT molecular complexity index is 1980. The Morgan fingerprint density at radius 1 is 1.13 bits per heavy atom. The number of alkyl carbamates (subject to hydrolysis) is 1. The van der Waals surface area contributed by atoms with Gasteiger partial charge in [0.1, 0.15) is 29.4 Å². The van der Waals surface area contributed by atoms with Crippen molar-refractivity contribution in [1.82, 2.24) is 29.7 Å². The van der Waals surface area contributed by atoms with Gasteiger partial charge in [0.05, 0.1) is 24.4 Å². The molecule has 0 aliphatic heterocycles. The van der Waals surface area contributed by atoms with E-state index in [1.807, 2.05) is 12.1 Å². The van der Waals surface area contributed by atoms with Crippen molar-refractivity contribution in [1.29, 1.82) is 0 Å². The summed E-state index contributed by atoms with van der Waals surface area (Å²) in [5.41, 5.74) is 2.71. The van der Waals surface area contributed by atoms with Crippen LogP contribution in [0.3, 0.4) is 0 Å². The van der Waals surface area contributed by atoms with Crippen molar-refractivity contribution in [2.75, 3.05) is 12.4 Å². The molecule has 0 saturated heterocycles. The summed E-state index contributed by atoms with van der Waals surface area (Å²) in [7, 11) is -3.33. The van der Waals surface area contributed by atoms with Gasteiger partial charge in [0.25, 0.3) is 0 Å². The highest BCUT2D eigenvalue weighted by Crippen LogP contribution is 2.45. The number of carbonyl (C=O) groups excluding carboxylic acids is 2. The molecule has 18 heteroatoms. The number of phosphoric acid groups is 1. The van der Waals surface area contributed by atoms with Gasteiger partial charge in [0.15, 0.2) is 12.5 Å². The number of aromatic nitrogens is 5. The highest BCUT2D eigenvalue weighted by Gasteiger charge is 2.40. The standard InChI is InChI=1S/C34H45FN7O9P/c1-19(2)37-33(44)50-27-13-22(12-24(27)35)25-15-29(38-32-26-14-23(17-48-7)39-41(26)9-8-36-32)42(40-25)18-49-30(43)16-34(5,6)31-21(4)10-20(3)11-28(31)51-52(45,46)47/h8-11,14-15,19,22,24,27H,12-13,16-18H2,1-7H3,(H,36,38)(H,37,44)(H2,45,46,47)/t22-,24+,27-/m0/s1. The largest absolute Gasteiger partial charge is 0.524 e. The van der Waals surface area contributed by atoms with Crippen molar-refractivity contribution in [3.63, 3.8) is 0 Å². The summed E-state index contributed by atoms with van der Waals surface area (Å²) in [6.07, 6.45) is 0.279. The summed E-state index contributed by atoms with van der Waals surface area (Å²) in [4.78, 5) is 49.2. The van der Waals surface area contributed by atoms with Gasteiger partial charge in [0.2, 0.25) is 0 Å². The van der Waals surface area contributed by atoms with E-state index in [0.29, 0.717) is 39.7 Å². The molecule has 3 heterocycles. The van der Waals surface area contributed by atoms with Gasteiger partial charge in [-0.1, -0.05) is 19.9 Å². The molecule has 52 heavy (non-hydrogen) atoms. The number of hydrogen-bond donors (Lipinski definition) is 4. The van der Waals surface area contributed by atoms with Crippen molar-refractivity contribution in [2.24, 2.45) is 0 Å². The number of fused-ring (bicyclic) bond motifs is 1. The Balaban J connectivity index is 1.39. The van der Waals surface area contributed by atoms with Crippen LogP contribution < -0.4 is 15.2 Å². The number of benzene rings is 1. The molecule has 0 radical (unpaired) electrons. The Hall–Kier alpha value is -4.57. The van der Waals surface area contributed by atoms with E-state index in [4.69, 9.17) is 18.7 Å². The average Bonchev–Trinajstić information content (AvgIpc) is 3.71. The number of halogens is 1. The quantitative estimate of drug-likeness (QED) is 0.0934. The molecule has 1 aliphatic carbocycles. The second kappa shape index (κ2) is 15.6. The minimum Gasteiger partial charge on any atom is -0.443 e. The highest BCUT2D eigenvalue weighted by atomic mass is 31.2. The van der Waals surface area contributed by atoms with Crippen LogP contribution in [0.15, 0.2) is 36.7 Å². The molecule has 4 aromatic rings. The average molecular weight is 746 g/mol. The third-order valence-electron chi connectivity index (χ3n) is 8.56. The van der Waals surface area contributed by atoms with E-state index >= 15 is 4.39 Å². The molecule has 1 aromatic carbocycles. The number of anilines is 2. The van der Waals surface area contributed by atoms with Crippen LogP contribution in [0.4, 0.5) is 20.8 Å². The first-order valence-electron chi connectivity index (χ1n) is 16.7. The molecule has 16 nitrogen and oxygen atoms in total. The van der Waals surface area contributed by atoms with Gasteiger partial charge in [-0.05, 0) is 63.8 Å². The van der Waals surface area contributed by atoms with E-state index in [9.17, 15) is 23.9 Å². The first-order chi connectivity index (χ1) is 24.4. The van der Waals surface area contributed by atoms with Crippen molar-refractivity contribution in [2.45, 2.75) is 104 Å². The number of methoxy groups -OCH3 is 1. The predicted octanol–water partition coefficient (Wildman–Crippen LogP) is 5.49. The van der Waals surface area contributed by atoms with E-state index < -0.39 is 43.5 Å². The minimum atomic E-state index is -4.89. The predicted molar refractivity (Wildman–Crippen MR) is 187 cm³/mol. The topological polar surface area (TPSA) is 201 Å². The molecule has 1 fully saturated rings. The number of nitrogens with one attached hydrogen (secondary N) is 2. The number of hydrogen-bond acceptors (Lipinski definition) is 11. The zero-order valence-electron chi connectivity index (χ0n) is 30.1. The fourth-order valence-electron chi connectivity index (χ4n) is 6.59. The molecule has 0 unspecified atom stereocenters. The van der Waals surface area contributed by atoms with Crippen LogP contribution in [0.1, 0.15) is 81.0 Å². The molecular weight excluding hydrogens is 700 g/mol. The number of amides is 1. The summed E-state index contributed by atoms with van der Waals surface area (Å²) in [6.45, 7) is 10.5. The van der Waals surface area contributed by atoms with E-state index in [-0.39, 0.29) is 44.4 Å². The zero-order chi connectivity index (χ0) is 38.0. The lowest BCUT2D eigenvalue weighted by Gasteiger charge is -2.29. The van der Waals surface area contributed by atoms with Crippen LogP contribution in [0.5, 0.6) is 5.75 Å². The number of phosphoric ester groups is 1. The van der Waals surface area contributed by atoms with Gasteiger partial charge < -0.3 is 29.4 Å². The number of ether oxygens (including phenoxy) is 3. The zero-order valence-corrected chi connectivity index (χ0v) is 31.0. The second-order valence-electron chi connectivity index (χ2n) is 13.9. The van der Waals surface area contributed by atoms with E-state index in [2.05, 4.69) is 25.8 Å². The second-order valence-corrected chi connectivity index (χ2v) is 15.1. The fourth-order valence-corrected chi connectivity index (χ4v) is 6.99. The highest BCUT2D eigenvalue weighted by molar-refractivity contribution is 7.46. The molecule has 282 valence electrons. The van der Waals surface area contributed by atoms with E-state index in [1.165, 1.54) is 10.7 Å². The minimum absolute atomic E-state index is 0.0197. The van der Waals surface area contributed by atoms with Crippen LogP contribution in [-0.2, 0) is 42.3 Å². The maximum absolute atomic E-state index is 15.1. The van der Waals surface area contributed by atoms with Gasteiger partial charge in [-0.2, -0.15) is 10.2 Å². The van der Waals surface area contributed by atoms with E-state index in [1.54, 1.807) is 71.6 Å². The monoisotopic (exact) mass is 745 g/mol. The van der Waals surface area contributed by atoms with Gasteiger partial charge in [-0.25, -0.2) is 27.9 Å². The Labute approximate surface area is 300 Å². The third kappa shape index (κ3) is 9.45. The van der Waals surface area contributed by atoms with Gasteiger partial charge in [-0.3, -0.25) is 14.6 Å². The number of rotatable bonds is 14. The summed E-state index contributed by atoms with van der Waals surface area (Å²) >= 11 is 0. The Kier molecular flexibility index (Phi) is 11.6. The molecule has 1 aliphatic rings. The molecule has 0 spiro atoms. The van der Waals surface area contributed by atoms with Crippen LogP contribution in [-0.4, -0.2) is 71.7 Å². The number of esters is 1. The van der Waals surface area contributed by atoms with Crippen LogP contribution in [0.2, 0.25) is 0 Å². The van der Waals surface area contributed by atoms with Gasteiger partial charge in [-0.15, -0.1) is 0 Å². The van der Waals surface area contributed by atoms with Crippen molar-refractivity contribution >= 4 is 37.0 Å². The lowest BCUT2D eigenvalue weighted by atomic mass is 9.78. The summed E-state index contributed by atoms with van der Waals surface area (Å²) < 4.78 is 51.3. The fraction of sp³-hybridized carbons (Fsp3) is 0.500. The number of alkyl halides is 1. The number of aryl methyl sites for hydroxylation is 2. The smallest absolute Gasteiger partial charge is 0.443 e. The lowest BCUT2D eigenvalue weighted by molar-refractivity contribution is -0.149. The number of nitrogens with zero attached hydrogens (tertiary/aromatic N) is 5. The van der Waals surface area contributed by atoms with Crippen LogP contribution in [0, 0.1) is 13.8 Å². The molecule has 0 bridgehead atoms. The first-order valence-corrected chi connectivity index (χ1v) is 18.3. The van der Waals surface area contributed by atoms with Gasteiger partial charge in [0, 0.05) is 48.5 Å². The Morgan fingerprint density at radius 2 is 1.88 bits per heavy atom. The van der Waals surface area contributed by atoms with E-state index in [0.717, 1.165) is 5.56 Å². The summed E-state index contributed by atoms with van der Waals surface area (Å²) in [5, 5.41) is 15.0. The normalized spacial score (nSPS) is 17.8. The lowest BCUT2D eigenvalue weighted by Crippen LogP contribution is -2.35. The summed E-state index contributed by atoms with van der Waals surface area (Å²) in [5.74, 6) is -0.238.